The molecule has 0 radical (unpaired) electrons. The molecule has 1 aromatic carbocycles. The minimum atomic E-state index is -3.42. The predicted molar refractivity (Wildman–Crippen MR) is 85.5 cm³/mol. The molecule has 0 saturated heterocycles. The van der Waals surface area contributed by atoms with Crippen LogP contribution in [0.15, 0.2) is 27.6 Å². The van der Waals surface area contributed by atoms with Gasteiger partial charge in [0.2, 0.25) is 10.0 Å². The van der Waals surface area contributed by atoms with Crippen molar-refractivity contribution in [3.8, 4) is 0 Å². The summed E-state index contributed by atoms with van der Waals surface area (Å²) < 4.78 is 27.9. The van der Waals surface area contributed by atoms with Gasteiger partial charge in [0.25, 0.3) is 0 Å². The summed E-state index contributed by atoms with van der Waals surface area (Å²) in [5.74, 6) is 0.376. The zero-order valence-corrected chi connectivity index (χ0v) is 14.6. The zero-order chi connectivity index (χ0) is 14.8. The van der Waals surface area contributed by atoms with Crippen LogP contribution in [0, 0.1) is 0 Å². The quantitative estimate of drug-likeness (QED) is 0.667. The normalized spacial score (nSPS) is 15.8. The molecule has 0 aliphatic heterocycles. The average molecular weight is 381 g/mol. The molecule has 2 rings (SSSR count). The zero-order valence-electron chi connectivity index (χ0n) is 11.5. The van der Waals surface area contributed by atoms with Gasteiger partial charge in [0.1, 0.15) is 0 Å². The van der Waals surface area contributed by atoms with E-state index in [0.29, 0.717) is 21.8 Å². The van der Waals surface area contributed by atoms with Crippen LogP contribution in [0.5, 0.6) is 0 Å². The van der Waals surface area contributed by atoms with E-state index in [9.17, 15) is 8.42 Å². The molecule has 0 unspecified atom stereocenters. The van der Waals surface area contributed by atoms with Crippen molar-refractivity contribution in [3.05, 3.63) is 28.2 Å². The fourth-order valence-electron chi connectivity index (χ4n) is 2.14. The van der Waals surface area contributed by atoms with Crippen LogP contribution in [0.3, 0.4) is 0 Å². The molecule has 0 bridgehead atoms. The fraction of sp³-hybridized carbons (Fsp3) is 0.571. The maximum absolute atomic E-state index is 12.8. The van der Waals surface area contributed by atoms with Gasteiger partial charge in [-0.2, -0.15) is 4.31 Å². The lowest BCUT2D eigenvalue weighted by Crippen LogP contribution is -2.34. The highest BCUT2D eigenvalue weighted by Gasteiger charge is 2.38. The standard InChI is InChI=1S/C14H19BrClNO2S/c1-2-3-8-17(12-5-6-12)20(18,19)14-7-4-11(10-16)9-13(14)15/h4,7,9,12H,2-3,5-6,8,10H2,1H3. The fourth-order valence-corrected chi connectivity index (χ4v) is 5.12. The van der Waals surface area contributed by atoms with Crippen molar-refractivity contribution in [1.29, 1.82) is 0 Å². The molecule has 1 aliphatic carbocycles. The molecular formula is C14H19BrClNO2S. The van der Waals surface area contributed by atoms with Crippen molar-refractivity contribution in [2.75, 3.05) is 6.54 Å². The number of halogens is 2. The van der Waals surface area contributed by atoms with Gasteiger partial charge in [-0.1, -0.05) is 19.4 Å². The van der Waals surface area contributed by atoms with E-state index >= 15 is 0 Å². The van der Waals surface area contributed by atoms with Gasteiger partial charge in [-0.15, -0.1) is 11.6 Å². The SMILES string of the molecule is CCCCN(C1CC1)S(=O)(=O)c1ccc(CCl)cc1Br. The maximum atomic E-state index is 12.8. The molecule has 0 aromatic heterocycles. The Labute approximate surface area is 134 Å². The maximum Gasteiger partial charge on any atom is 0.244 e. The van der Waals surface area contributed by atoms with Gasteiger partial charge >= 0.3 is 0 Å². The Morgan fingerprint density at radius 2 is 2.10 bits per heavy atom. The van der Waals surface area contributed by atoms with Crippen molar-refractivity contribution >= 4 is 37.6 Å². The number of sulfonamides is 1. The Kier molecular flexibility index (Phi) is 5.51. The molecule has 112 valence electrons. The third-order valence-electron chi connectivity index (χ3n) is 3.42. The first-order valence-corrected chi connectivity index (χ1v) is 9.63. The third kappa shape index (κ3) is 3.56. The molecule has 20 heavy (non-hydrogen) atoms. The molecule has 0 spiro atoms. The van der Waals surface area contributed by atoms with Gasteiger partial charge in [0, 0.05) is 22.9 Å². The second-order valence-electron chi connectivity index (χ2n) is 5.10. The molecule has 0 atom stereocenters. The highest BCUT2D eigenvalue weighted by Crippen LogP contribution is 2.35. The summed E-state index contributed by atoms with van der Waals surface area (Å²) in [4.78, 5) is 0.342. The number of benzene rings is 1. The van der Waals surface area contributed by atoms with Gasteiger partial charge in [-0.05, 0) is 52.9 Å². The van der Waals surface area contributed by atoms with E-state index in [-0.39, 0.29) is 6.04 Å². The summed E-state index contributed by atoms with van der Waals surface area (Å²) in [6, 6.07) is 5.39. The molecule has 0 amide bonds. The second kappa shape index (κ2) is 6.77. The lowest BCUT2D eigenvalue weighted by atomic mass is 10.2. The van der Waals surface area contributed by atoms with Gasteiger partial charge in [-0.25, -0.2) is 8.42 Å². The lowest BCUT2D eigenvalue weighted by molar-refractivity contribution is 0.395. The second-order valence-corrected chi connectivity index (χ2v) is 8.08. The minimum Gasteiger partial charge on any atom is -0.207 e. The average Bonchev–Trinajstić information content (AvgIpc) is 3.23. The molecule has 1 aliphatic rings. The van der Waals surface area contributed by atoms with Crippen LogP contribution >= 0.6 is 27.5 Å². The van der Waals surface area contributed by atoms with Crippen LogP contribution < -0.4 is 0 Å². The first-order valence-electron chi connectivity index (χ1n) is 6.87. The number of alkyl halides is 1. The number of rotatable bonds is 7. The predicted octanol–water partition coefficient (Wildman–Crippen LogP) is 4.14. The molecule has 0 heterocycles. The van der Waals surface area contributed by atoms with E-state index in [1.807, 2.05) is 0 Å². The molecule has 0 N–H and O–H groups in total. The molecule has 3 nitrogen and oxygen atoms in total. The van der Waals surface area contributed by atoms with Crippen LogP contribution in [-0.4, -0.2) is 25.3 Å². The molecule has 1 saturated carbocycles. The summed E-state index contributed by atoms with van der Waals surface area (Å²) in [7, 11) is -3.42. The molecule has 1 fully saturated rings. The lowest BCUT2D eigenvalue weighted by Gasteiger charge is -2.22. The number of unbranched alkanes of at least 4 members (excludes halogenated alkanes) is 1. The summed E-state index contributed by atoms with van der Waals surface area (Å²) in [5.41, 5.74) is 0.907. The first-order chi connectivity index (χ1) is 9.50. The van der Waals surface area contributed by atoms with Crippen molar-refractivity contribution < 1.29 is 8.42 Å². The van der Waals surface area contributed by atoms with E-state index in [1.165, 1.54) is 0 Å². The van der Waals surface area contributed by atoms with Gasteiger partial charge in [0.05, 0.1) is 4.90 Å². The topological polar surface area (TPSA) is 37.4 Å². The largest absolute Gasteiger partial charge is 0.244 e. The molecule has 6 heteroatoms. The number of hydrogen-bond acceptors (Lipinski definition) is 2. The van der Waals surface area contributed by atoms with Crippen LogP contribution in [0.2, 0.25) is 0 Å². The third-order valence-corrected chi connectivity index (χ3v) is 6.66. The van der Waals surface area contributed by atoms with Crippen molar-refractivity contribution in [1.82, 2.24) is 4.31 Å². The number of nitrogens with zero attached hydrogens (tertiary/aromatic N) is 1. The van der Waals surface area contributed by atoms with Crippen molar-refractivity contribution in [2.45, 2.75) is 49.4 Å². The van der Waals surface area contributed by atoms with E-state index in [4.69, 9.17) is 11.6 Å². The summed E-state index contributed by atoms with van der Waals surface area (Å²) >= 11 is 9.14. The summed E-state index contributed by atoms with van der Waals surface area (Å²) in [5, 5.41) is 0. The highest BCUT2D eigenvalue weighted by atomic mass is 79.9. The van der Waals surface area contributed by atoms with E-state index < -0.39 is 10.0 Å². The summed E-state index contributed by atoms with van der Waals surface area (Å²) in [6.45, 7) is 2.68. The van der Waals surface area contributed by atoms with Crippen molar-refractivity contribution in [3.63, 3.8) is 0 Å². The van der Waals surface area contributed by atoms with Gasteiger partial charge in [-0.3, -0.25) is 0 Å². The van der Waals surface area contributed by atoms with E-state index in [0.717, 1.165) is 31.2 Å². The first kappa shape index (κ1) is 16.3. The van der Waals surface area contributed by atoms with Crippen LogP contribution in [-0.2, 0) is 15.9 Å². The van der Waals surface area contributed by atoms with Gasteiger partial charge < -0.3 is 0 Å². The Morgan fingerprint density at radius 3 is 2.60 bits per heavy atom. The molecule has 1 aromatic rings. The highest BCUT2D eigenvalue weighted by molar-refractivity contribution is 9.10. The summed E-state index contributed by atoms with van der Waals surface area (Å²) in [6.07, 6.45) is 3.83. The van der Waals surface area contributed by atoms with Crippen LogP contribution in [0.25, 0.3) is 0 Å². The van der Waals surface area contributed by atoms with E-state index in [2.05, 4.69) is 22.9 Å². The smallest absolute Gasteiger partial charge is 0.207 e. The Balaban J connectivity index is 2.32. The Morgan fingerprint density at radius 1 is 1.40 bits per heavy atom. The monoisotopic (exact) mass is 379 g/mol. The molecular weight excluding hydrogens is 362 g/mol. The minimum absolute atomic E-state index is 0.186. The number of hydrogen-bond donors (Lipinski definition) is 0. The Bertz CT molecular complexity index is 573. The van der Waals surface area contributed by atoms with Crippen molar-refractivity contribution in [2.24, 2.45) is 0 Å². The Hall–Kier alpha value is -0.100. The van der Waals surface area contributed by atoms with Crippen LogP contribution in [0.4, 0.5) is 0 Å². The van der Waals surface area contributed by atoms with Gasteiger partial charge in [0.15, 0.2) is 0 Å². The van der Waals surface area contributed by atoms with Crippen LogP contribution in [0.1, 0.15) is 38.2 Å². The van der Waals surface area contributed by atoms with E-state index in [1.54, 1.807) is 22.5 Å².